The Balaban J connectivity index is 1.91. The van der Waals surface area contributed by atoms with Crippen LogP contribution in [0.25, 0.3) is 10.9 Å². The SMILES string of the molecule is Cc1cc(C)c2cc(CC(C#N)C(=O)Nc3c(C)cccc3C)c(=O)[nH]c2c1. The van der Waals surface area contributed by atoms with E-state index in [0.717, 1.165) is 33.2 Å². The number of pyridine rings is 1. The highest BCUT2D eigenvalue weighted by molar-refractivity contribution is 5.95. The molecule has 0 spiro atoms. The van der Waals surface area contributed by atoms with Crippen LogP contribution in [0.5, 0.6) is 0 Å². The molecule has 2 N–H and O–H groups in total. The van der Waals surface area contributed by atoms with Gasteiger partial charge in [0.05, 0.1) is 6.07 Å². The molecule has 2 aromatic carbocycles. The number of hydrogen-bond acceptors (Lipinski definition) is 3. The molecule has 1 amide bonds. The molecule has 0 bridgehead atoms. The van der Waals surface area contributed by atoms with E-state index in [9.17, 15) is 14.9 Å². The number of H-pyrrole nitrogens is 1. The Hall–Kier alpha value is -3.39. The number of nitrogens with one attached hydrogen (secondary N) is 2. The number of nitrogens with zero attached hydrogens (tertiary/aromatic N) is 1. The van der Waals surface area contributed by atoms with E-state index in [1.807, 2.05) is 64.1 Å². The first-order valence-electron chi connectivity index (χ1n) is 9.20. The summed E-state index contributed by atoms with van der Waals surface area (Å²) in [4.78, 5) is 28.1. The van der Waals surface area contributed by atoms with Crippen LogP contribution in [-0.2, 0) is 11.2 Å². The number of carbonyl (C=O) groups is 1. The average molecular weight is 373 g/mol. The van der Waals surface area contributed by atoms with Crippen LogP contribution in [-0.4, -0.2) is 10.9 Å². The van der Waals surface area contributed by atoms with Gasteiger partial charge in [-0.05, 0) is 62.1 Å². The summed E-state index contributed by atoms with van der Waals surface area (Å²) in [5, 5.41) is 13.3. The highest BCUT2D eigenvalue weighted by Gasteiger charge is 2.21. The van der Waals surface area contributed by atoms with Crippen LogP contribution in [0.15, 0.2) is 41.2 Å². The number of benzene rings is 2. The summed E-state index contributed by atoms with van der Waals surface area (Å²) in [6.07, 6.45) is 0.0614. The van der Waals surface area contributed by atoms with Gasteiger partial charge in [0.15, 0.2) is 0 Å². The molecule has 1 aromatic heterocycles. The maximum Gasteiger partial charge on any atom is 0.251 e. The summed E-state index contributed by atoms with van der Waals surface area (Å²) in [6, 6.07) is 13.5. The number of nitriles is 1. The molecule has 3 aromatic rings. The Morgan fingerprint density at radius 2 is 1.79 bits per heavy atom. The molecule has 1 unspecified atom stereocenters. The number of para-hydroxylation sites is 1. The lowest BCUT2D eigenvalue weighted by Crippen LogP contribution is -2.26. The van der Waals surface area contributed by atoms with Crippen molar-refractivity contribution in [3.8, 4) is 6.07 Å². The first-order chi connectivity index (χ1) is 13.3. The van der Waals surface area contributed by atoms with Gasteiger partial charge in [0, 0.05) is 28.6 Å². The molecule has 0 radical (unpaired) electrons. The number of aryl methyl sites for hydroxylation is 4. The van der Waals surface area contributed by atoms with Crippen molar-refractivity contribution in [2.45, 2.75) is 34.1 Å². The average Bonchev–Trinajstić information content (AvgIpc) is 2.63. The summed E-state index contributed by atoms with van der Waals surface area (Å²) in [5.41, 5.74) is 5.61. The third-order valence-electron chi connectivity index (χ3n) is 5.02. The van der Waals surface area contributed by atoms with Crippen molar-refractivity contribution in [1.29, 1.82) is 5.26 Å². The summed E-state index contributed by atoms with van der Waals surface area (Å²) in [7, 11) is 0. The molecular weight excluding hydrogens is 350 g/mol. The molecular formula is C23H23N3O2. The number of anilines is 1. The minimum Gasteiger partial charge on any atom is -0.324 e. The van der Waals surface area contributed by atoms with Crippen molar-refractivity contribution >= 4 is 22.5 Å². The lowest BCUT2D eigenvalue weighted by atomic mass is 9.97. The van der Waals surface area contributed by atoms with Gasteiger partial charge in [0.2, 0.25) is 5.91 Å². The molecule has 5 nitrogen and oxygen atoms in total. The van der Waals surface area contributed by atoms with Crippen molar-refractivity contribution in [1.82, 2.24) is 4.98 Å². The molecule has 28 heavy (non-hydrogen) atoms. The number of fused-ring (bicyclic) bond motifs is 1. The van der Waals surface area contributed by atoms with Crippen LogP contribution in [0.1, 0.15) is 27.8 Å². The van der Waals surface area contributed by atoms with Crippen molar-refractivity contribution in [3.63, 3.8) is 0 Å². The predicted molar refractivity (Wildman–Crippen MR) is 111 cm³/mol. The van der Waals surface area contributed by atoms with Gasteiger partial charge in [-0.2, -0.15) is 5.26 Å². The zero-order chi connectivity index (χ0) is 20.4. The first kappa shape index (κ1) is 19.4. The van der Waals surface area contributed by atoms with E-state index in [0.29, 0.717) is 11.3 Å². The maximum atomic E-state index is 12.7. The minimum atomic E-state index is -0.955. The fraction of sp³-hybridized carbons (Fsp3) is 0.261. The van der Waals surface area contributed by atoms with Gasteiger partial charge in [0.1, 0.15) is 5.92 Å². The lowest BCUT2D eigenvalue weighted by molar-refractivity contribution is -0.118. The molecule has 1 heterocycles. The maximum absolute atomic E-state index is 12.7. The second kappa shape index (κ2) is 7.69. The topological polar surface area (TPSA) is 85.8 Å². The van der Waals surface area contributed by atoms with Crippen LogP contribution >= 0.6 is 0 Å². The van der Waals surface area contributed by atoms with Gasteiger partial charge < -0.3 is 10.3 Å². The zero-order valence-corrected chi connectivity index (χ0v) is 16.5. The number of amides is 1. The molecule has 0 aliphatic heterocycles. The fourth-order valence-corrected chi connectivity index (χ4v) is 3.51. The van der Waals surface area contributed by atoms with E-state index < -0.39 is 11.8 Å². The molecule has 0 aliphatic carbocycles. The molecule has 142 valence electrons. The van der Waals surface area contributed by atoms with Crippen LogP contribution in [0.3, 0.4) is 0 Å². The Bertz CT molecular complexity index is 1150. The zero-order valence-electron chi connectivity index (χ0n) is 16.5. The van der Waals surface area contributed by atoms with Crippen LogP contribution in [0, 0.1) is 44.9 Å². The minimum absolute atomic E-state index is 0.0614. The monoisotopic (exact) mass is 373 g/mol. The van der Waals surface area contributed by atoms with E-state index in [2.05, 4.69) is 10.3 Å². The highest BCUT2D eigenvalue weighted by Crippen LogP contribution is 2.22. The normalized spacial score (nSPS) is 11.8. The van der Waals surface area contributed by atoms with Gasteiger partial charge in [-0.3, -0.25) is 9.59 Å². The van der Waals surface area contributed by atoms with Crippen LogP contribution in [0.4, 0.5) is 5.69 Å². The molecule has 0 aliphatic rings. The Morgan fingerprint density at radius 1 is 1.11 bits per heavy atom. The van der Waals surface area contributed by atoms with Crippen molar-refractivity contribution in [3.05, 3.63) is 74.6 Å². The summed E-state index contributed by atoms with van der Waals surface area (Å²) in [5.74, 6) is -1.36. The van der Waals surface area contributed by atoms with E-state index in [4.69, 9.17) is 0 Å². The smallest absolute Gasteiger partial charge is 0.251 e. The fourth-order valence-electron chi connectivity index (χ4n) is 3.51. The summed E-state index contributed by atoms with van der Waals surface area (Å²) < 4.78 is 0. The third kappa shape index (κ3) is 3.81. The number of hydrogen-bond donors (Lipinski definition) is 2. The highest BCUT2D eigenvalue weighted by atomic mass is 16.2. The number of aromatic nitrogens is 1. The first-order valence-corrected chi connectivity index (χ1v) is 9.20. The molecule has 0 saturated carbocycles. The largest absolute Gasteiger partial charge is 0.324 e. The lowest BCUT2D eigenvalue weighted by Gasteiger charge is -2.14. The van der Waals surface area contributed by atoms with Gasteiger partial charge in [-0.25, -0.2) is 0 Å². The molecule has 0 saturated heterocycles. The summed E-state index contributed by atoms with van der Waals surface area (Å²) in [6.45, 7) is 7.76. The van der Waals surface area contributed by atoms with Crippen LogP contribution in [0.2, 0.25) is 0 Å². The Labute approximate surface area is 164 Å². The van der Waals surface area contributed by atoms with Gasteiger partial charge in [0.25, 0.3) is 5.56 Å². The second-order valence-corrected chi connectivity index (χ2v) is 7.31. The van der Waals surface area contributed by atoms with E-state index in [1.165, 1.54) is 0 Å². The summed E-state index contributed by atoms with van der Waals surface area (Å²) >= 11 is 0. The molecule has 5 heteroatoms. The predicted octanol–water partition coefficient (Wildman–Crippen LogP) is 4.08. The van der Waals surface area contributed by atoms with Gasteiger partial charge >= 0.3 is 0 Å². The standard InChI is InChI=1S/C23H23N3O2/c1-13-8-16(4)19-11-17(22(27)25-20(19)9-13)10-18(12-24)23(28)26-21-14(2)6-5-7-15(21)3/h5-9,11,18H,10H2,1-4H3,(H,25,27)(H,26,28). The number of rotatable bonds is 4. The van der Waals surface area contributed by atoms with Gasteiger partial charge in [-0.15, -0.1) is 0 Å². The number of carbonyl (C=O) groups excluding carboxylic acids is 1. The number of aromatic amines is 1. The van der Waals surface area contributed by atoms with E-state index in [1.54, 1.807) is 6.07 Å². The van der Waals surface area contributed by atoms with E-state index >= 15 is 0 Å². The van der Waals surface area contributed by atoms with Crippen molar-refractivity contribution in [2.24, 2.45) is 5.92 Å². The molecule has 0 fully saturated rings. The van der Waals surface area contributed by atoms with Crippen molar-refractivity contribution < 1.29 is 4.79 Å². The Morgan fingerprint density at radius 3 is 2.43 bits per heavy atom. The quantitative estimate of drug-likeness (QED) is 0.722. The third-order valence-corrected chi connectivity index (χ3v) is 5.02. The van der Waals surface area contributed by atoms with Crippen molar-refractivity contribution in [2.75, 3.05) is 5.32 Å². The molecule has 1 atom stereocenters. The van der Waals surface area contributed by atoms with E-state index in [-0.39, 0.29) is 12.0 Å². The van der Waals surface area contributed by atoms with Gasteiger partial charge in [-0.1, -0.05) is 24.3 Å². The second-order valence-electron chi connectivity index (χ2n) is 7.31. The van der Waals surface area contributed by atoms with Crippen LogP contribution < -0.4 is 10.9 Å². The molecule has 3 rings (SSSR count). The Kier molecular flexibility index (Phi) is 5.32.